The first-order valence-corrected chi connectivity index (χ1v) is 4.44. The summed E-state index contributed by atoms with van der Waals surface area (Å²) >= 11 is 1.07. The average molecular weight is 184 g/mol. The van der Waals surface area contributed by atoms with Gasteiger partial charge in [-0.05, 0) is 11.3 Å². The van der Waals surface area contributed by atoms with Gasteiger partial charge in [0.2, 0.25) is 4.96 Å². The predicted octanol–water partition coefficient (Wildman–Crippen LogP) is 0.603. The third-order valence-electron chi connectivity index (χ3n) is 1.56. The van der Waals surface area contributed by atoms with Crippen molar-refractivity contribution in [3.05, 3.63) is 15.5 Å². The first-order valence-electron chi connectivity index (χ1n) is 3.62. The van der Waals surface area contributed by atoms with Crippen LogP contribution in [0.25, 0.3) is 4.96 Å². The Kier molecular flexibility index (Phi) is 1.50. The molecular formula is C6H8N4OS. The molecule has 1 N–H and O–H groups in total. The monoisotopic (exact) mass is 184 g/mol. The number of aromatic amines is 1. The van der Waals surface area contributed by atoms with Gasteiger partial charge in [0.05, 0.1) is 0 Å². The summed E-state index contributed by atoms with van der Waals surface area (Å²) in [6.45, 7) is 4.01. The maximum absolute atomic E-state index is 10.9. The molecule has 0 unspecified atom stereocenters. The molecule has 0 bridgehead atoms. The van der Waals surface area contributed by atoms with E-state index in [-0.39, 0.29) is 10.8 Å². The molecule has 0 radical (unpaired) electrons. The quantitative estimate of drug-likeness (QED) is 0.706. The number of rotatable bonds is 1. The van der Waals surface area contributed by atoms with Crippen molar-refractivity contribution >= 4 is 16.3 Å². The van der Waals surface area contributed by atoms with Crippen LogP contribution in [0.5, 0.6) is 0 Å². The van der Waals surface area contributed by atoms with Gasteiger partial charge in [-0.2, -0.15) is 0 Å². The SMILES string of the molecule is CC(C)c1nnc2sc(=O)[nH]n12. The van der Waals surface area contributed by atoms with Crippen molar-refractivity contribution in [2.45, 2.75) is 19.8 Å². The molecule has 0 atom stereocenters. The van der Waals surface area contributed by atoms with Crippen LogP contribution in [0.3, 0.4) is 0 Å². The van der Waals surface area contributed by atoms with Gasteiger partial charge in [-0.1, -0.05) is 13.8 Å². The lowest BCUT2D eigenvalue weighted by atomic mass is 10.2. The van der Waals surface area contributed by atoms with E-state index in [2.05, 4.69) is 15.3 Å². The predicted molar refractivity (Wildman–Crippen MR) is 45.6 cm³/mol. The maximum atomic E-state index is 10.9. The van der Waals surface area contributed by atoms with Gasteiger partial charge >= 0.3 is 4.87 Å². The van der Waals surface area contributed by atoms with Crippen molar-refractivity contribution < 1.29 is 0 Å². The largest absolute Gasteiger partial charge is 0.322 e. The third-order valence-corrected chi connectivity index (χ3v) is 2.29. The molecule has 6 heteroatoms. The fourth-order valence-electron chi connectivity index (χ4n) is 1.02. The summed E-state index contributed by atoms with van der Waals surface area (Å²) in [5.41, 5.74) is 0. The van der Waals surface area contributed by atoms with E-state index in [9.17, 15) is 4.79 Å². The molecule has 0 amide bonds. The molecule has 2 rings (SSSR count). The molecule has 0 aliphatic carbocycles. The van der Waals surface area contributed by atoms with E-state index in [1.54, 1.807) is 4.52 Å². The van der Waals surface area contributed by atoms with E-state index in [1.807, 2.05) is 13.8 Å². The van der Waals surface area contributed by atoms with E-state index < -0.39 is 0 Å². The van der Waals surface area contributed by atoms with Gasteiger partial charge in [0.15, 0.2) is 5.82 Å². The summed E-state index contributed by atoms with van der Waals surface area (Å²) < 4.78 is 1.64. The standard InChI is InChI=1S/C6H8N4OS/c1-3(2)4-7-8-5-10(4)9-6(11)12-5/h3H,1-2H3,(H,9,11). The van der Waals surface area contributed by atoms with Crippen LogP contribution in [0.1, 0.15) is 25.6 Å². The number of H-pyrrole nitrogens is 1. The topological polar surface area (TPSA) is 63.0 Å². The highest BCUT2D eigenvalue weighted by atomic mass is 32.1. The molecule has 0 spiro atoms. The number of fused-ring (bicyclic) bond motifs is 1. The molecule has 0 saturated heterocycles. The van der Waals surface area contributed by atoms with Crippen LogP contribution in [0.4, 0.5) is 0 Å². The average Bonchev–Trinajstić information content (AvgIpc) is 2.43. The molecule has 0 aromatic carbocycles. The normalized spacial score (nSPS) is 11.6. The minimum absolute atomic E-state index is 0.0956. The molecule has 0 fully saturated rings. The third kappa shape index (κ3) is 0.953. The Balaban J connectivity index is 2.76. The number of aromatic nitrogens is 4. The van der Waals surface area contributed by atoms with Crippen molar-refractivity contribution in [3.63, 3.8) is 0 Å². The minimum Gasteiger partial charge on any atom is -0.255 e. The van der Waals surface area contributed by atoms with E-state index >= 15 is 0 Å². The first kappa shape index (κ1) is 7.48. The Morgan fingerprint density at radius 2 is 2.25 bits per heavy atom. The molecule has 12 heavy (non-hydrogen) atoms. The first-order chi connectivity index (χ1) is 5.68. The molecule has 5 nitrogen and oxygen atoms in total. The van der Waals surface area contributed by atoms with Crippen LogP contribution in [0.15, 0.2) is 4.79 Å². The summed E-state index contributed by atoms with van der Waals surface area (Å²) in [6.07, 6.45) is 0. The van der Waals surface area contributed by atoms with Gasteiger partial charge < -0.3 is 0 Å². The fourth-order valence-corrected chi connectivity index (χ4v) is 1.64. The lowest BCUT2D eigenvalue weighted by Gasteiger charge is -1.97. The van der Waals surface area contributed by atoms with Crippen molar-refractivity contribution in [1.82, 2.24) is 19.8 Å². The molecular weight excluding hydrogens is 176 g/mol. The van der Waals surface area contributed by atoms with Crippen LogP contribution in [-0.4, -0.2) is 19.8 Å². The second kappa shape index (κ2) is 2.41. The summed E-state index contributed by atoms with van der Waals surface area (Å²) in [5, 5.41) is 10.5. The molecule has 64 valence electrons. The van der Waals surface area contributed by atoms with Crippen LogP contribution >= 0.6 is 11.3 Å². The lowest BCUT2D eigenvalue weighted by molar-refractivity contribution is 0.722. The zero-order chi connectivity index (χ0) is 8.72. The van der Waals surface area contributed by atoms with Crippen LogP contribution in [-0.2, 0) is 0 Å². The van der Waals surface area contributed by atoms with Crippen LogP contribution < -0.4 is 4.87 Å². The van der Waals surface area contributed by atoms with Gasteiger partial charge in [0.1, 0.15) is 0 Å². The Labute approximate surface area is 72.0 Å². The summed E-state index contributed by atoms with van der Waals surface area (Å²) in [7, 11) is 0. The Morgan fingerprint density at radius 1 is 1.50 bits per heavy atom. The van der Waals surface area contributed by atoms with Gasteiger partial charge in [0.25, 0.3) is 0 Å². The van der Waals surface area contributed by atoms with Crippen LogP contribution in [0.2, 0.25) is 0 Å². The smallest absolute Gasteiger partial charge is 0.255 e. The van der Waals surface area contributed by atoms with Crippen LogP contribution in [0, 0.1) is 0 Å². The van der Waals surface area contributed by atoms with Gasteiger partial charge in [-0.3, -0.25) is 4.79 Å². The molecule has 2 heterocycles. The Bertz CT molecular complexity index is 451. The molecule has 2 aromatic heterocycles. The summed E-state index contributed by atoms with van der Waals surface area (Å²) in [4.78, 5) is 11.4. The molecule has 0 aliphatic heterocycles. The van der Waals surface area contributed by atoms with Crippen molar-refractivity contribution in [2.24, 2.45) is 0 Å². The number of nitrogens with zero attached hydrogens (tertiary/aromatic N) is 3. The van der Waals surface area contributed by atoms with E-state index in [0.717, 1.165) is 17.2 Å². The minimum atomic E-state index is -0.0956. The zero-order valence-corrected chi connectivity index (χ0v) is 7.55. The second-order valence-corrected chi connectivity index (χ2v) is 3.77. The molecule has 0 aliphatic rings. The second-order valence-electron chi connectivity index (χ2n) is 2.83. The number of hydrogen-bond acceptors (Lipinski definition) is 4. The van der Waals surface area contributed by atoms with Gasteiger partial charge in [-0.15, -0.1) is 10.2 Å². The molecule has 0 saturated carbocycles. The fraction of sp³-hybridized carbons (Fsp3) is 0.500. The highest BCUT2D eigenvalue weighted by Crippen LogP contribution is 2.12. The summed E-state index contributed by atoms with van der Waals surface area (Å²) in [5.74, 6) is 1.06. The lowest BCUT2D eigenvalue weighted by Crippen LogP contribution is -2.03. The van der Waals surface area contributed by atoms with E-state index in [4.69, 9.17) is 0 Å². The van der Waals surface area contributed by atoms with E-state index in [1.165, 1.54) is 0 Å². The van der Waals surface area contributed by atoms with Gasteiger partial charge in [0, 0.05) is 5.92 Å². The highest BCUT2D eigenvalue weighted by Gasteiger charge is 2.10. The van der Waals surface area contributed by atoms with Crippen molar-refractivity contribution in [2.75, 3.05) is 0 Å². The van der Waals surface area contributed by atoms with E-state index in [0.29, 0.717) is 4.96 Å². The molecule has 2 aromatic rings. The number of nitrogens with one attached hydrogen (secondary N) is 1. The Morgan fingerprint density at radius 3 is 2.92 bits per heavy atom. The zero-order valence-electron chi connectivity index (χ0n) is 6.74. The maximum Gasteiger partial charge on any atom is 0.322 e. The number of hydrogen-bond donors (Lipinski definition) is 1. The van der Waals surface area contributed by atoms with Crippen molar-refractivity contribution in [3.8, 4) is 0 Å². The Hall–Kier alpha value is -1.17. The van der Waals surface area contributed by atoms with Crippen molar-refractivity contribution in [1.29, 1.82) is 0 Å². The summed E-state index contributed by atoms with van der Waals surface area (Å²) in [6, 6.07) is 0. The van der Waals surface area contributed by atoms with Gasteiger partial charge in [-0.25, -0.2) is 9.61 Å². The highest BCUT2D eigenvalue weighted by molar-refractivity contribution is 7.14.